The summed E-state index contributed by atoms with van der Waals surface area (Å²) in [6.45, 7) is 1.39. The van der Waals surface area contributed by atoms with Gasteiger partial charge in [0.1, 0.15) is 6.04 Å². The van der Waals surface area contributed by atoms with Crippen LogP contribution in [-0.2, 0) is 30.4 Å². The summed E-state index contributed by atoms with van der Waals surface area (Å²) in [6, 6.07) is -1.98. The summed E-state index contributed by atoms with van der Waals surface area (Å²) in [6.07, 6.45) is 3.54. The molecule has 0 fully saturated rings. The summed E-state index contributed by atoms with van der Waals surface area (Å²) in [5.41, 5.74) is 11.4. The number of nitrogens with zero attached hydrogens (tertiary/aromatic N) is 1. The molecule has 13 heteroatoms. The third-order valence-corrected chi connectivity index (χ3v) is 3.84. The zero-order valence-corrected chi connectivity index (χ0v) is 16.7. The van der Waals surface area contributed by atoms with Crippen LogP contribution in [0, 0.1) is 0 Å². The number of imidazole rings is 1. The SMILES string of the molecule is CC(N)C(=O)NCC(=O)NC(CCC(N)=O)C(=O)NC(=O)CNCCc1cnc[nH]1. The zero-order chi connectivity index (χ0) is 22.5. The Hall–Kier alpha value is -3.32. The second-order valence-corrected chi connectivity index (χ2v) is 6.55. The lowest BCUT2D eigenvalue weighted by molar-refractivity contribution is -0.134. The van der Waals surface area contributed by atoms with E-state index in [1.807, 2.05) is 0 Å². The van der Waals surface area contributed by atoms with Crippen molar-refractivity contribution >= 4 is 29.5 Å². The minimum absolute atomic E-state index is 0.103. The van der Waals surface area contributed by atoms with E-state index in [1.54, 1.807) is 12.5 Å². The first-order valence-corrected chi connectivity index (χ1v) is 9.31. The van der Waals surface area contributed by atoms with E-state index in [4.69, 9.17) is 11.5 Å². The molecule has 30 heavy (non-hydrogen) atoms. The molecule has 1 aromatic rings. The van der Waals surface area contributed by atoms with Crippen molar-refractivity contribution in [1.82, 2.24) is 31.2 Å². The van der Waals surface area contributed by atoms with Gasteiger partial charge in [-0.3, -0.25) is 29.3 Å². The molecule has 0 aliphatic carbocycles. The van der Waals surface area contributed by atoms with Crippen LogP contribution >= 0.6 is 0 Å². The first kappa shape index (κ1) is 24.7. The van der Waals surface area contributed by atoms with Crippen LogP contribution in [-0.4, -0.2) is 71.2 Å². The molecule has 0 aliphatic heterocycles. The van der Waals surface area contributed by atoms with Crippen LogP contribution in [0.15, 0.2) is 12.5 Å². The van der Waals surface area contributed by atoms with E-state index in [0.717, 1.165) is 5.69 Å². The zero-order valence-electron chi connectivity index (χ0n) is 16.7. The molecule has 166 valence electrons. The van der Waals surface area contributed by atoms with Crippen molar-refractivity contribution in [2.24, 2.45) is 11.5 Å². The van der Waals surface area contributed by atoms with Gasteiger partial charge in [-0.1, -0.05) is 0 Å². The van der Waals surface area contributed by atoms with E-state index in [-0.39, 0.29) is 19.4 Å². The summed E-state index contributed by atoms with van der Waals surface area (Å²) in [5.74, 6) is -3.28. The van der Waals surface area contributed by atoms with Crippen molar-refractivity contribution in [3.63, 3.8) is 0 Å². The molecular weight excluding hydrogens is 396 g/mol. The number of hydrogen-bond acceptors (Lipinski definition) is 8. The predicted molar refractivity (Wildman–Crippen MR) is 105 cm³/mol. The highest BCUT2D eigenvalue weighted by molar-refractivity contribution is 6.00. The molecule has 0 saturated heterocycles. The molecule has 5 amide bonds. The van der Waals surface area contributed by atoms with Crippen molar-refractivity contribution in [3.05, 3.63) is 18.2 Å². The van der Waals surface area contributed by atoms with E-state index >= 15 is 0 Å². The molecule has 0 aromatic carbocycles. The lowest BCUT2D eigenvalue weighted by atomic mass is 10.1. The molecule has 13 nitrogen and oxygen atoms in total. The molecule has 0 saturated carbocycles. The Labute approximate surface area is 173 Å². The maximum absolute atomic E-state index is 12.3. The molecule has 0 radical (unpaired) electrons. The average molecular weight is 424 g/mol. The fourth-order valence-corrected chi connectivity index (χ4v) is 2.24. The van der Waals surface area contributed by atoms with Gasteiger partial charge in [-0.15, -0.1) is 0 Å². The van der Waals surface area contributed by atoms with Crippen molar-refractivity contribution < 1.29 is 24.0 Å². The van der Waals surface area contributed by atoms with Crippen LogP contribution in [0.25, 0.3) is 0 Å². The number of hydrogen-bond donors (Lipinski definition) is 7. The Balaban J connectivity index is 2.47. The number of aromatic amines is 1. The molecule has 0 spiro atoms. The highest BCUT2D eigenvalue weighted by Gasteiger charge is 2.23. The molecule has 1 heterocycles. The largest absolute Gasteiger partial charge is 0.370 e. The van der Waals surface area contributed by atoms with Crippen LogP contribution in [0.3, 0.4) is 0 Å². The summed E-state index contributed by atoms with van der Waals surface area (Å²) in [4.78, 5) is 65.5. The molecule has 0 bridgehead atoms. The molecule has 1 rings (SSSR count). The summed E-state index contributed by atoms with van der Waals surface area (Å²) >= 11 is 0. The number of aromatic nitrogens is 2. The van der Waals surface area contributed by atoms with Crippen molar-refractivity contribution in [1.29, 1.82) is 0 Å². The van der Waals surface area contributed by atoms with Gasteiger partial charge in [0, 0.05) is 31.3 Å². The molecule has 0 aliphatic rings. The first-order valence-electron chi connectivity index (χ1n) is 9.31. The van der Waals surface area contributed by atoms with Gasteiger partial charge in [0.05, 0.1) is 25.5 Å². The fourth-order valence-electron chi connectivity index (χ4n) is 2.24. The summed E-state index contributed by atoms with van der Waals surface area (Å²) in [7, 11) is 0. The van der Waals surface area contributed by atoms with Gasteiger partial charge in [0.25, 0.3) is 0 Å². The van der Waals surface area contributed by atoms with E-state index in [1.165, 1.54) is 6.92 Å². The minimum Gasteiger partial charge on any atom is -0.370 e. The van der Waals surface area contributed by atoms with Gasteiger partial charge in [0.2, 0.25) is 29.5 Å². The van der Waals surface area contributed by atoms with Crippen LogP contribution < -0.4 is 32.7 Å². The monoisotopic (exact) mass is 424 g/mol. The minimum atomic E-state index is -1.17. The van der Waals surface area contributed by atoms with Gasteiger partial charge in [-0.05, 0) is 13.3 Å². The lowest BCUT2D eigenvalue weighted by Gasteiger charge is -2.18. The summed E-state index contributed by atoms with van der Waals surface area (Å²) in [5, 5.41) is 9.67. The topological polar surface area (TPSA) is 214 Å². The predicted octanol–water partition coefficient (Wildman–Crippen LogP) is -3.60. The first-order chi connectivity index (χ1) is 14.2. The number of imide groups is 1. The van der Waals surface area contributed by atoms with Crippen molar-refractivity contribution in [3.8, 4) is 0 Å². The Morgan fingerprint density at radius 2 is 1.87 bits per heavy atom. The van der Waals surface area contributed by atoms with Gasteiger partial charge < -0.3 is 32.4 Å². The Morgan fingerprint density at radius 3 is 2.47 bits per heavy atom. The van der Waals surface area contributed by atoms with Gasteiger partial charge in [-0.2, -0.15) is 0 Å². The number of carbonyl (C=O) groups excluding carboxylic acids is 5. The molecular formula is C17H28N8O5. The fraction of sp³-hybridized carbons (Fsp3) is 0.529. The Bertz CT molecular complexity index is 735. The highest BCUT2D eigenvalue weighted by atomic mass is 16.2. The number of nitrogens with one attached hydrogen (secondary N) is 5. The molecule has 2 unspecified atom stereocenters. The number of H-pyrrole nitrogens is 1. The van der Waals surface area contributed by atoms with Crippen LogP contribution in [0.4, 0.5) is 0 Å². The van der Waals surface area contributed by atoms with Crippen LogP contribution in [0.1, 0.15) is 25.5 Å². The molecule has 9 N–H and O–H groups in total. The number of primary amides is 1. The van der Waals surface area contributed by atoms with Gasteiger partial charge in [-0.25, -0.2) is 4.98 Å². The number of carbonyl (C=O) groups is 5. The third-order valence-electron chi connectivity index (χ3n) is 3.84. The van der Waals surface area contributed by atoms with E-state index in [0.29, 0.717) is 13.0 Å². The quantitative estimate of drug-likeness (QED) is 0.157. The summed E-state index contributed by atoms with van der Waals surface area (Å²) < 4.78 is 0. The maximum atomic E-state index is 12.3. The standard InChI is InChI=1S/C17H28N8O5/c1-10(18)16(29)22-8-15(28)24-12(2-3-13(19)26)17(30)25-14(27)7-20-5-4-11-6-21-9-23-11/h6,9-10,12,20H,2-5,7-8,18H2,1H3,(H2,19,26)(H,21,23)(H,22,29)(H,24,28)(H,25,27,30). The van der Waals surface area contributed by atoms with E-state index < -0.39 is 48.2 Å². The van der Waals surface area contributed by atoms with Crippen molar-refractivity contribution in [2.75, 3.05) is 19.6 Å². The van der Waals surface area contributed by atoms with Crippen LogP contribution in [0.2, 0.25) is 0 Å². The maximum Gasteiger partial charge on any atom is 0.249 e. The van der Waals surface area contributed by atoms with Gasteiger partial charge in [0.15, 0.2) is 0 Å². The lowest BCUT2D eigenvalue weighted by Crippen LogP contribution is -2.52. The number of rotatable bonds is 13. The van der Waals surface area contributed by atoms with Crippen molar-refractivity contribution in [2.45, 2.75) is 38.3 Å². The van der Waals surface area contributed by atoms with E-state index in [9.17, 15) is 24.0 Å². The second kappa shape index (κ2) is 13.0. The number of amides is 5. The third kappa shape index (κ3) is 10.3. The second-order valence-electron chi connectivity index (χ2n) is 6.55. The average Bonchev–Trinajstić information content (AvgIpc) is 3.19. The smallest absolute Gasteiger partial charge is 0.249 e. The molecule has 2 atom stereocenters. The van der Waals surface area contributed by atoms with Crippen LogP contribution in [0.5, 0.6) is 0 Å². The Morgan fingerprint density at radius 1 is 1.13 bits per heavy atom. The molecule has 1 aromatic heterocycles. The normalized spacial score (nSPS) is 12.5. The van der Waals surface area contributed by atoms with Gasteiger partial charge >= 0.3 is 0 Å². The Kier molecular flexibility index (Phi) is 10.7. The number of nitrogens with two attached hydrogens (primary N) is 2. The van der Waals surface area contributed by atoms with E-state index in [2.05, 4.69) is 31.2 Å². The highest BCUT2D eigenvalue weighted by Crippen LogP contribution is 1.98.